The van der Waals surface area contributed by atoms with Crippen LogP contribution in [0.4, 0.5) is 4.39 Å². The lowest BCUT2D eigenvalue weighted by atomic mass is 9.78. The van der Waals surface area contributed by atoms with Gasteiger partial charge in [0.15, 0.2) is 0 Å². The highest BCUT2D eigenvalue weighted by Gasteiger charge is 2.26. The second-order valence-electron chi connectivity index (χ2n) is 6.26. The van der Waals surface area contributed by atoms with Gasteiger partial charge in [-0.05, 0) is 48.8 Å². The number of halogens is 1. The first-order valence-corrected chi connectivity index (χ1v) is 7.56. The van der Waals surface area contributed by atoms with Crippen LogP contribution in [0.5, 0.6) is 0 Å². The van der Waals surface area contributed by atoms with E-state index < -0.39 is 0 Å². The Kier molecular flexibility index (Phi) is 4.98. The fourth-order valence-corrected chi connectivity index (χ4v) is 3.21. The third-order valence-corrected chi connectivity index (χ3v) is 4.48. The molecule has 2 atom stereocenters. The van der Waals surface area contributed by atoms with E-state index in [1.165, 1.54) is 25.7 Å². The van der Waals surface area contributed by atoms with Gasteiger partial charge in [-0.2, -0.15) is 0 Å². The number of rotatable bonds is 4. The van der Waals surface area contributed by atoms with Crippen LogP contribution in [0.2, 0.25) is 0 Å². The first kappa shape index (κ1) is 14.5. The second-order valence-corrected chi connectivity index (χ2v) is 6.26. The smallest absolute Gasteiger partial charge is 0.126 e. The summed E-state index contributed by atoms with van der Waals surface area (Å²) in [6.07, 6.45) is 5.28. The number of hydrogen-bond donors (Lipinski definition) is 1. The number of benzene rings is 1. The van der Waals surface area contributed by atoms with Gasteiger partial charge >= 0.3 is 0 Å². The van der Waals surface area contributed by atoms with Crippen LogP contribution in [0.15, 0.2) is 18.2 Å². The number of nitrogens with one attached hydrogen (secondary N) is 1. The topological polar surface area (TPSA) is 12.0 Å². The highest BCUT2D eigenvalue weighted by Crippen LogP contribution is 2.30. The third kappa shape index (κ3) is 3.79. The largest absolute Gasteiger partial charge is 0.310 e. The Hall–Kier alpha value is -0.890. The summed E-state index contributed by atoms with van der Waals surface area (Å²) >= 11 is 0. The van der Waals surface area contributed by atoms with Crippen LogP contribution in [-0.4, -0.2) is 6.04 Å². The molecule has 0 aliphatic heterocycles. The molecule has 1 fully saturated rings. The Morgan fingerprint density at radius 1 is 1.26 bits per heavy atom. The van der Waals surface area contributed by atoms with E-state index in [9.17, 15) is 4.39 Å². The number of aryl methyl sites for hydroxylation is 1. The van der Waals surface area contributed by atoms with E-state index in [1.807, 2.05) is 19.1 Å². The Balaban J connectivity index is 1.94. The van der Waals surface area contributed by atoms with Crippen molar-refractivity contribution < 1.29 is 4.39 Å². The Bertz CT molecular complexity index is 414. The van der Waals surface area contributed by atoms with Crippen molar-refractivity contribution in [2.45, 2.75) is 59.0 Å². The summed E-state index contributed by atoms with van der Waals surface area (Å²) in [7, 11) is 0. The second kappa shape index (κ2) is 6.51. The first-order valence-electron chi connectivity index (χ1n) is 7.56. The van der Waals surface area contributed by atoms with Gasteiger partial charge in [-0.3, -0.25) is 0 Å². The van der Waals surface area contributed by atoms with Crippen molar-refractivity contribution in [1.29, 1.82) is 0 Å². The van der Waals surface area contributed by atoms with E-state index >= 15 is 0 Å². The zero-order valence-electron chi connectivity index (χ0n) is 12.4. The summed E-state index contributed by atoms with van der Waals surface area (Å²) in [5, 5.41) is 3.65. The van der Waals surface area contributed by atoms with Gasteiger partial charge in [-0.15, -0.1) is 0 Å². The van der Waals surface area contributed by atoms with E-state index in [-0.39, 0.29) is 5.82 Å². The van der Waals surface area contributed by atoms with Crippen molar-refractivity contribution >= 4 is 0 Å². The van der Waals surface area contributed by atoms with Crippen molar-refractivity contribution in [1.82, 2.24) is 5.32 Å². The molecule has 1 aromatic rings. The molecule has 1 aromatic carbocycles. The maximum Gasteiger partial charge on any atom is 0.126 e. The monoisotopic (exact) mass is 263 g/mol. The van der Waals surface area contributed by atoms with Crippen LogP contribution in [0.1, 0.15) is 50.7 Å². The molecule has 0 spiro atoms. The van der Waals surface area contributed by atoms with Gasteiger partial charge in [-0.25, -0.2) is 4.39 Å². The molecule has 1 aliphatic rings. The predicted octanol–water partition coefficient (Wildman–Crippen LogP) is 4.44. The van der Waals surface area contributed by atoms with E-state index in [1.54, 1.807) is 6.07 Å². The van der Waals surface area contributed by atoms with Gasteiger partial charge in [0.25, 0.3) is 0 Å². The lowest BCUT2D eigenvalue weighted by molar-refractivity contribution is 0.204. The fourth-order valence-electron chi connectivity index (χ4n) is 3.21. The Morgan fingerprint density at radius 2 is 2.00 bits per heavy atom. The molecule has 2 unspecified atom stereocenters. The number of hydrogen-bond acceptors (Lipinski definition) is 1. The van der Waals surface area contributed by atoms with Crippen LogP contribution in [0.3, 0.4) is 0 Å². The minimum Gasteiger partial charge on any atom is -0.310 e. The fraction of sp³-hybridized carbons (Fsp3) is 0.647. The maximum absolute atomic E-state index is 13.5. The molecule has 1 nitrogen and oxygen atoms in total. The third-order valence-electron chi connectivity index (χ3n) is 4.48. The first-order chi connectivity index (χ1) is 9.08. The van der Waals surface area contributed by atoms with Crippen LogP contribution in [0, 0.1) is 24.6 Å². The molecule has 0 aromatic heterocycles. The Morgan fingerprint density at radius 3 is 2.68 bits per heavy atom. The van der Waals surface area contributed by atoms with Gasteiger partial charge in [0.2, 0.25) is 0 Å². The van der Waals surface area contributed by atoms with Crippen LogP contribution in [0.25, 0.3) is 0 Å². The summed E-state index contributed by atoms with van der Waals surface area (Å²) in [6.45, 7) is 7.22. The van der Waals surface area contributed by atoms with Gasteiger partial charge < -0.3 is 5.32 Å². The minimum absolute atomic E-state index is 0.0941. The van der Waals surface area contributed by atoms with Crippen molar-refractivity contribution in [2.75, 3.05) is 0 Å². The predicted molar refractivity (Wildman–Crippen MR) is 78.6 cm³/mol. The van der Waals surface area contributed by atoms with Gasteiger partial charge in [0, 0.05) is 12.6 Å². The molecule has 0 heterocycles. The van der Waals surface area contributed by atoms with Gasteiger partial charge in [0.1, 0.15) is 5.82 Å². The molecule has 1 aliphatic carbocycles. The molecule has 0 amide bonds. The molecule has 106 valence electrons. The maximum atomic E-state index is 13.5. The molecule has 0 radical (unpaired) electrons. The molecule has 1 saturated carbocycles. The van der Waals surface area contributed by atoms with Crippen molar-refractivity contribution in [2.24, 2.45) is 11.8 Å². The van der Waals surface area contributed by atoms with Crippen LogP contribution in [-0.2, 0) is 6.54 Å². The molecular formula is C17H26FN. The Labute approximate surface area is 116 Å². The molecule has 0 saturated heterocycles. The highest BCUT2D eigenvalue weighted by atomic mass is 19.1. The quantitative estimate of drug-likeness (QED) is 0.847. The average molecular weight is 263 g/mol. The SMILES string of the molecule is Cc1ccc(CNC2CCCCC2C(C)C)cc1F. The molecule has 0 bridgehead atoms. The average Bonchev–Trinajstić information content (AvgIpc) is 2.40. The molecule has 2 rings (SSSR count). The zero-order valence-corrected chi connectivity index (χ0v) is 12.4. The van der Waals surface area contributed by atoms with Gasteiger partial charge in [0.05, 0.1) is 0 Å². The minimum atomic E-state index is -0.0941. The summed E-state index contributed by atoms with van der Waals surface area (Å²) in [6, 6.07) is 6.15. The highest BCUT2D eigenvalue weighted by molar-refractivity contribution is 5.23. The lowest BCUT2D eigenvalue weighted by Gasteiger charge is -2.35. The van der Waals surface area contributed by atoms with Crippen molar-refractivity contribution in [3.63, 3.8) is 0 Å². The van der Waals surface area contributed by atoms with Crippen LogP contribution >= 0.6 is 0 Å². The summed E-state index contributed by atoms with van der Waals surface area (Å²) in [5.41, 5.74) is 1.78. The standard InChI is InChI=1S/C17H26FN/c1-12(2)15-6-4-5-7-17(15)19-11-14-9-8-13(3)16(18)10-14/h8-10,12,15,17,19H,4-7,11H2,1-3H3. The normalized spacial score (nSPS) is 23.8. The van der Waals surface area contributed by atoms with Crippen LogP contribution < -0.4 is 5.32 Å². The molecule has 1 N–H and O–H groups in total. The summed E-state index contributed by atoms with van der Waals surface area (Å²) in [4.78, 5) is 0. The summed E-state index contributed by atoms with van der Waals surface area (Å²) < 4.78 is 13.5. The molecule has 19 heavy (non-hydrogen) atoms. The van der Waals surface area contributed by atoms with Gasteiger partial charge in [-0.1, -0.05) is 38.8 Å². The van der Waals surface area contributed by atoms with E-state index in [4.69, 9.17) is 0 Å². The lowest BCUT2D eigenvalue weighted by Crippen LogP contribution is -2.40. The van der Waals surface area contributed by atoms with E-state index in [0.29, 0.717) is 6.04 Å². The summed E-state index contributed by atoms with van der Waals surface area (Å²) in [5.74, 6) is 1.40. The zero-order chi connectivity index (χ0) is 13.8. The van der Waals surface area contributed by atoms with E-state index in [2.05, 4.69) is 19.2 Å². The van der Waals surface area contributed by atoms with Crippen molar-refractivity contribution in [3.8, 4) is 0 Å². The van der Waals surface area contributed by atoms with E-state index in [0.717, 1.165) is 29.5 Å². The molecule has 2 heteroatoms. The molecular weight excluding hydrogens is 237 g/mol. The van der Waals surface area contributed by atoms with Crippen molar-refractivity contribution in [3.05, 3.63) is 35.1 Å².